The van der Waals surface area contributed by atoms with Crippen molar-refractivity contribution in [1.82, 2.24) is 0 Å². The molecule has 6 heteroatoms. The molecule has 0 fully saturated rings. The van der Waals surface area contributed by atoms with Crippen LogP contribution in [-0.4, -0.2) is 18.3 Å². The van der Waals surface area contributed by atoms with Gasteiger partial charge in [0.15, 0.2) is 12.4 Å². The van der Waals surface area contributed by atoms with Gasteiger partial charge in [-0.2, -0.15) is 0 Å². The minimum atomic E-state index is -0.403. The average Bonchev–Trinajstić information content (AvgIpc) is 2.66. The molecule has 144 valence electrons. The number of Topliss-reactive ketones (excluding diaryl/α,β-unsaturated/α-hetero) is 1. The van der Waals surface area contributed by atoms with Crippen LogP contribution in [0, 0.1) is 0 Å². The van der Waals surface area contributed by atoms with Crippen molar-refractivity contribution >= 4 is 28.3 Å². The lowest BCUT2D eigenvalue weighted by Crippen LogP contribution is -2.20. The Bertz CT molecular complexity index is 1070. The summed E-state index contributed by atoms with van der Waals surface area (Å²) in [6, 6.07) is 13.3. The fourth-order valence-electron chi connectivity index (χ4n) is 2.91. The molecule has 0 saturated carbocycles. The van der Waals surface area contributed by atoms with Crippen LogP contribution in [0.2, 0.25) is 0 Å². The van der Waals surface area contributed by atoms with Crippen LogP contribution in [0.5, 0.6) is 5.75 Å². The fraction of sp³-hybridized carbons (Fsp3) is 0.227. The van der Waals surface area contributed by atoms with Crippen LogP contribution in [-0.2, 0) is 11.2 Å². The summed E-state index contributed by atoms with van der Waals surface area (Å²) in [5.41, 5.74) is 2.13. The smallest absolute Gasteiger partial charge is 0.336 e. The maximum atomic E-state index is 12.1. The number of nitrogens with one attached hydrogen (secondary N) is 1. The van der Waals surface area contributed by atoms with Gasteiger partial charge in [0.2, 0.25) is 0 Å². The number of aryl methyl sites for hydroxylation is 1. The normalized spacial score (nSPS) is 10.6. The van der Waals surface area contributed by atoms with Gasteiger partial charge >= 0.3 is 5.63 Å². The van der Waals surface area contributed by atoms with Gasteiger partial charge in [-0.25, -0.2) is 4.79 Å². The Hall–Kier alpha value is -3.41. The molecule has 6 nitrogen and oxygen atoms in total. The van der Waals surface area contributed by atoms with Gasteiger partial charge in [-0.15, -0.1) is 0 Å². The van der Waals surface area contributed by atoms with E-state index >= 15 is 0 Å². The summed E-state index contributed by atoms with van der Waals surface area (Å²) in [5.74, 6) is 0.0643. The van der Waals surface area contributed by atoms with Gasteiger partial charge in [-0.1, -0.05) is 13.3 Å². The quantitative estimate of drug-likeness (QED) is 0.496. The van der Waals surface area contributed by atoms with Crippen LogP contribution in [0.1, 0.15) is 36.2 Å². The van der Waals surface area contributed by atoms with Crippen molar-refractivity contribution in [2.24, 2.45) is 0 Å². The third-order valence-corrected chi connectivity index (χ3v) is 4.27. The molecule has 0 aliphatic rings. The van der Waals surface area contributed by atoms with Crippen molar-refractivity contribution in [3.8, 4) is 5.75 Å². The maximum absolute atomic E-state index is 12.1. The molecule has 1 aromatic heterocycles. The number of amides is 1. The zero-order valence-corrected chi connectivity index (χ0v) is 15.8. The second kappa shape index (κ2) is 8.52. The molecule has 0 atom stereocenters. The van der Waals surface area contributed by atoms with E-state index in [2.05, 4.69) is 5.32 Å². The third-order valence-electron chi connectivity index (χ3n) is 4.27. The molecular weight excluding hydrogens is 358 g/mol. The van der Waals surface area contributed by atoms with E-state index in [1.165, 1.54) is 13.0 Å². The van der Waals surface area contributed by atoms with Crippen LogP contribution in [0.25, 0.3) is 11.0 Å². The van der Waals surface area contributed by atoms with Crippen molar-refractivity contribution < 1.29 is 18.7 Å². The molecule has 3 rings (SSSR count). The lowest BCUT2D eigenvalue weighted by molar-refractivity contribution is -0.118. The molecule has 1 amide bonds. The van der Waals surface area contributed by atoms with Gasteiger partial charge in [0.05, 0.1) is 0 Å². The molecule has 0 spiro atoms. The Morgan fingerprint density at radius 2 is 1.82 bits per heavy atom. The molecule has 2 aromatic carbocycles. The van der Waals surface area contributed by atoms with Gasteiger partial charge in [0, 0.05) is 28.8 Å². The highest BCUT2D eigenvalue weighted by Gasteiger charge is 2.09. The Morgan fingerprint density at radius 3 is 2.50 bits per heavy atom. The first kappa shape index (κ1) is 19.4. The molecule has 0 aliphatic heterocycles. The Morgan fingerprint density at radius 1 is 1.07 bits per heavy atom. The highest BCUT2D eigenvalue weighted by atomic mass is 16.5. The van der Waals surface area contributed by atoms with Gasteiger partial charge in [-0.3, -0.25) is 9.59 Å². The monoisotopic (exact) mass is 379 g/mol. The first-order valence-electron chi connectivity index (χ1n) is 9.06. The minimum absolute atomic E-state index is 0.0359. The number of fused-ring (bicyclic) bond motifs is 1. The summed E-state index contributed by atoms with van der Waals surface area (Å²) in [4.78, 5) is 35.1. The number of hydrogen-bond donors (Lipinski definition) is 1. The summed E-state index contributed by atoms with van der Waals surface area (Å²) >= 11 is 0. The SMILES string of the molecule is CCCc1cc(=O)oc2cc(OCC(=O)Nc3ccc(C(C)=O)cc3)ccc12. The van der Waals surface area contributed by atoms with Crippen molar-refractivity contribution in [3.63, 3.8) is 0 Å². The number of rotatable bonds is 7. The molecule has 0 saturated heterocycles. The molecule has 0 aliphatic carbocycles. The number of ether oxygens (including phenoxy) is 1. The summed E-state index contributed by atoms with van der Waals surface area (Å²) in [6.45, 7) is 3.33. The van der Waals surface area contributed by atoms with E-state index in [-0.39, 0.29) is 18.3 Å². The first-order chi connectivity index (χ1) is 13.5. The number of anilines is 1. The number of hydrogen-bond acceptors (Lipinski definition) is 5. The third kappa shape index (κ3) is 4.65. The Balaban J connectivity index is 1.66. The van der Waals surface area contributed by atoms with E-state index in [0.717, 1.165) is 23.8 Å². The molecule has 3 aromatic rings. The summed E-state index contributed by atoms with van der Waals surface area (Å²) < 4.78 is 10.8. The number of carbonyl (C=O) groups is 2. The molecular formula is C22H21NO5. The zero-order chi connectivity index (χ0) is 20.1. The molecule has 0 unspecified atom stereocenters. The number of carbonyl (C=O) groups excluding carboxylic acids is 2. The minimum Gasteiger partial charge on any atom is -0.484 e. The van der Waals surface area contributed by atoms with Crippen molar-refractivity contribution in [2.45, 2.75) is 26.7 Å². The van der Waals surface area contributed by atoms with E-state index in [0.29, 0.717) is 22.6 Å². The Kier molecular flexibility index (Phi) is 5.89. The number of ketones is 1. The summed E-state index contributed by atoms with van der Waals surface area (Å²) in [6.07, 6.45) is 1.71. The molecule has 0 bridgehead atoms. The largest absolute Gasteiger partial charge is 0.484 e. The lowest BCUT2D eigenvalue weighted by Gasteiger charge is -2.09. The second-order valence-electron chi connectivity index (χ2n) is 6.47. The van der Waals surface area contributed by atoms with Crippen LogP contribution < -0.4 is 15.7 Å². The summed E-state index contributed by atoms with van der Waals surface area (Å²) in [7, 11) is 0. The van der Waals surface area contributed by atoms with Crippen molar-refractivity contribution in [2.75, 3.05) is 11.9 Å². The van der Waals surface area contributed by atoms with E-state index in [1.54, 1.807) is 36.4 Å². The number of benzene rings is 2. The topological polar surface area (TPSA) is 85.6 Å². The average molecular weight is 379 g/mol. The first-order valence-corrected chi connectivity index (χ1v) is 9.06. The molecule has 0 radical (unpaired) electrons. The lowest BCUT2D eigenvalue weighted by atomic mass is 10.1. The fourth-order valence-corrected chi connectivity index (χ4v) is 2.91. The van der Waals surface area contributed by atoms with Gasteiger partial charge in [-0.05, 0) is 55.3 Å². The van der Waals surface area contributed by atoms with E-state index < -0.39 is 5.63 Å². The second-order valence-corrected chi connectivity index (χ2v) is 6.47. The summed E-state index contributed by atoms with van der Waals surface area (Å²) in [5, 5.41) is 3.57. The standard InChI is InChI=1S/C22H21NO5/c1-3-4-16-11-22(26)28-20-12-18(9-10-19(16)20)27-13-21(25)23-17-7-5-15(6-8-17)14(2)24/h5-12H,3-4,13H2,1-2H3,(H,23,25). The predicted molar refractivity (Wildman–Crippen MR) is 107 cm³/mol. The van der Waals surface area contributed by atoms with Gasteiger partial charge in [0.25, 0.3) is 5.91 Å². The van der Waals surface area contributed by atoms with Crippen LogP contribution >= 0.6 is 0 Å². The van der Waals surface area contributed by atoms with Crippen LogP contribution in [0.3, 0.4) is 0 Å². The molecule has 1 heterocycles. The molecule has 28 heavy (non-hydrogen) atoms. The highest BCUT2D eigenvalue weighted by molar-refractivity contribution is 5.96. The van der Waals surface area contributed by atoms with Crippen molar-refractivity contribution in [1.29, 1.82) is 0 Å². The van der Waals surface area contributed by atoms with Crippen molar-refractivity contribution in [3.05, 3.63) is 70.1 Å². The van der Waals surface area contributed by atoms with E-state index in [4.69, 9.17) is 9.15 Å². The van der Waals surface area contributed by atoms with Gasteiger partial charge in [0.1, 0.15) is 11.3 Å². The van der Waals surface area contributed by atoms with E-state index in [1.807, 2.05) is 13.0 Å². The van der Waals surface area contributed by atoms with E-state index in [9.17, 15) is 14.4 Å². The van der Waals surface area contributed by atoms with Crippen LogP contribution in [0.15, 0.2) is 57.7 Å². The Labute approximate surface area is 162 Å². The van der Waals surface area contributed by atoms with Crippen LogP contribution in [0.4, 0.5) is 5.69 Å². The molecule has 1 N–H and O–H groups in total. The van der Waals surface area contributed by atoms with Gasteiger partial charge < -0.3 is 14.5 Å². The highest BCUT2D eigenvalue weighted by Crippen LogP contribution is 2.23. The maximum Gasteiger partial charge on any atom is 0.336 e. The zero-order valence-electron chi connectivity index (χ0n) is 15.8. The predicted octanol–water partition coefficient (Wildman–Crippen LogP) is 3.97.